The van der Waals surface area contributed by atoms with E-state index in [2.05, 4.69) is 52.1 Å². The third-order valence-electron chi connectivity index (χ3n) is 3.94. The number of rotatable bonds is 8. The zero-order valence-corrected chi connectivity index (χ0v) is 13.5. The van der Waals surface area contributed by atoms with Gasteiger partial charge in [-0.05, 0) is 56.8 Å². The lowest BCUT2D eigenvalue weighted by molar-refractivity contribution is 0.465. The molecule has 0 aliphatic rings. The standard InChI is InChI=1S/C18H31N/c1-6-8-9-10-17(19-7-2)13-18-15(4)11-14(3)12-16(18)5/h11-12,17,19H,6-10,13H2,1-5H3. The highest BCUT2D eigenvalue weighted by Crippen LogP contribution is 2.19. The van der Waals surface area contributed by atoms with Gasteiger partial charge in [0.2, 0.25) is 0 Å². The molecule has 0 spiro atoms. The molecule has 1 atom stereocenters. The van der Waals surface area contributed by atoms with E-state index in [1.54, 1.807) is 5.56 Å². The van der Waals surface area contributed by atoms with Crippen molar-refractivity contribution in [2.24, 2.45) is 0 Å². The van der Waals surface area contributed by atoms with Gasteiger partial charge in [0.1, 0.15) is 0 Å². The van der Waals surface area contributed by atoms with Gasteiger partial charge in [0.05, 0.1) is 0 Å². The molecule has 0 heterocycles. The van der Waals surface area contributed by atoms with Crippen molar-refractivity contribution in [3.05, 3.63) is 34.4 Å². The van der Waals surface area contributed by atoms with E-state index in [4.69, 9.17) is 0 Å². The molecular weight excluding hydrogens is 230 g/mol. The Balaban J connectivity index is 2.72. The zero-order valence-electron chi connectivity index (χ0n) is 13.5. The van der Waals surface area contributed by atoms with Crippen LogP contribution >= 0.6 is 0 Å². The van der Waals surface area contributed by atoms with Gasteiger partial charge in [0, 0.05) is 6.04 Å². The smallest absolute Gasteiger partial charge is 0.0108 e. The molecule has 1 N–H and O–H groups in total. The maximum Gasteiger partial charge on any atom is 0.0108 e. The molecule has 0 radical (unpaired) electrons. The van der Waals surface area contributed by atoms with Crippen molar-refractivity contribution in [1.82, 2.24) is 5.32 Å². The van der Waals surface area contributed by atoms with Gasteiger partial charge in [-0.3, -0.25) is 0 Å². The first-order valence-corrected chi connectivity index (χ1v) is 7.88. The van der Waals surface area contributed by atoms with Crippen LogP contribution in [0.15, 0.2) is 12.1 Å². The van der Waals surface area contributed by atoms with Crippen molar-refractivity contribution in [2.75, 3.05) is 6.54 Å². The minimum Gasteiger partial charge on any atom is -0.314 e. The summed E-state index contributed by atoms with van der Waals surface area (Å²) in [5, 5.41) is 3.66. The minimum atomic E-state index is 0.636. The first-order valence-electron chi connectivity index (χ1n) is 7.88. The van der Waals surface area contributed by atoms with Crippen LogP contribution in [0.3, 0.4) is 0 Å². The SMILES string of the molecule is CCCCCC(Cc1c(C)cc(C)cc1C)NCC. The predicted octanol–water partition coefficient (Wildman–Crippen LogP) is 4.71. The van der Waals surface area contributed by atoms with Gasteiger partial charge >= 0.3 is 0 Å². The zero-order chi connectivity index (χ0) is 14.3. The van der Waals surface area contributed by atoms with E-state index >= 15 is 0 Å². The third kappa shape index (κ3) is 5.36. The second-order valence-electron chi connectivity index (χ2n) is 5.83. The molecule has 19 heavy (non-hydrogen) atoms. The first kappa shape index (κ1) is 16.2. The molecule has 0 bridgehead atoms. The van der Waals surface area contributed by atoms with Gasteiger partial charge < -0.3 is 5.32 Å². The lowest BCUT2D eigenvalue weighted by Gasteiger charge is -2.21. The Hall–Kier alpha value is -0.820. The summed E-state index contributed by atoms with van der Waals surface area (Å²) in [4.78, 5) is 0. The van der Waals surface area contributed by atoms with E-state index in [-0.39, 0.29) is 0 Å². The molecule has 0 saturated heterocycles. The number of hydrogen-bond acceptors (Lipinski definition) is 1. The molecule has 0 saturated carbocycles. The molecule has 1 rings (SSSR count). The quantitative estimate of drug-likeness (QED) is 0.668. The molecule has 0 aliphatic carbocycles. The van der Waals surface area contributed by atoms with Gasteiger partial charge in [0.15, 0.2) is 0 Å². The number of aryl methyl sites for hydroxylation is 3. The summed E-state index contributed by atoms with van der Waals surface area (Å²) in [6.07, 6.45) is 6.48. The maximum absolute atomic E-state index is 3.66. The van der Waals surface area contributed by atoms with E-state index in [1.807, 2.05) is 0 Å². The molecule has 0 fully saturated rings. The predicted molar refractivity (Wildman–Crippen MR) is 86.0 cm³/mol. The normalized spacial score (nSPS) is 12.7. The van der Waals surface area contributed by atoms with Crippen LogP contribution in [-0.4, -0.2) is 12.6 Å². The van der Waals surface area contributed by atoms with Crippen molar-refractivity contribution >= 4 is 0 Å². The second-order valence-corrected chi connectivity index (χ2v) is 5.83. The monoisotopic (exact) mass is 261 g/mol. The Labute approximate surface area is 119 Å². The summed E-state index contributed by atoms with van der Waals surface area (Å²) in [6.45, 7) is 12.3. The van der Waals surface area contributed by atoms with Crippen LogP contribution in [0, 0.1) is 20.8 Å². The van der Waals surface area contributed by atoms with Crippen LogP contribution in [-0.2, 0) is 6.42 Å². The summed E-state index contributed by atoms with van der Waals surface area (Å²) in [5.74, 6) is 0. The van der Waals surface area contributed by atoms with Crippen molar-refractivity contribution < 1.29 is 0 Å². The highest BCUT2D eigenvalue weighted by atomic mass is 14.9. The molecule has 1 nitrogen and oxygen atoms in total. The molecule has 0 aliphatic heterocycles. The van der Waals surface area contributed by atoms with Crippen LogP contribution in [0.5, 0.6) is 0 Å². The lowest BCUT2D eigenvalue weighted by atomic mass is 9.92. The van der Waals surface area contributed by atoms with E-state index in [0.717, 1.165) is 6.54 Å². The number of nitrogens with one attached hydrogen (secondary N) is 1. The molecule has 1 aromatic rings. The Morgan fingerprint density at radius 3 is 2.16 bits per heavy atom. The summed E-state index contributed by atoms with van der Waals surface area (Å²) >= 11 is 0. The first-order chi connectivity index (χ1) is 9.08. The number of benzene rings is 1. The molecular formula is C18H31N. The summed E-state index contributed by atoms with van der Waals surface area (Å²) in [6, 6.07) is 5.27. The van der Waals surface area contributed by atoms with E-state index in [9.17, 15) is 0 Å². The highest BCUT2D eigenvalue weighted by Gasteiger charge is 2.12. The molecule has 1 aromatic carbocycles. The molecule has 1 unspecified atom stereocenters. The van der Waals surface area contributed by atoms with Crippen LogP contribution in [0.1, 0.15) is 61.8 Å². The van der Waals surface area contributed by atoms with Crippen molar-refractivity contribution in [3.8, 4) is 0 Å². The van der Waals surface area contributed by atoms with Crippen LogP contribution in [0.25, 0.3) is 0 Å². The summed E-state index contributed by atoms with van der Waals surface area (Å²) in [5.41, 5.74) is 5.84. The van der Waals surface area contributed by atoms with Gasteiger partial charge in [0.25, 0.3) is 0 Å². The summed E-state index contributed by atoms with van der Waals surface area (Å²) in [7, 11) is 0. The van der Waals surface area contributed by atoms with Gasteiger partial charge in [-0.2, -0.15) is 0 Å². The second kappa shape index (κ2) is 8.37. The van der Waals surface area contributed by atoms with Crippen LogP contribution in [0.4, 0.5) is 0 Å². The van der Waals surface area contributed by atoms with E-state index in [1.165, 1.54) is 48.8 Å². The van der Waals surface area contributed by atoms with Gasteiger partial charge in [-0.15, -0.1) is 0 Å². The fourth-order valence-corrected chi connectivity index (χ4v) is 2.98. The molecule has 108 valence electrons. The summed E-state index contributed by atoms with van der Waals surface area (Å²) < 4.78 is 0. The lowest BCUT2D eigenvalue weighted by Crippen LogP contribution is -2.31. The Kier molecular flexibility index (Phi) is 7.15. The average Bonchev–Trinajstić information content (AvgIpc) is 2.33. The Morgan fingerprint density at radius 1 is 1.00 bits per heavy atom. The van der Waals surface area contributed by atoms with Crippen molar-refractivity contribution in [3.63, 3.8) is 0 Å². The van der Waals surface area contributed by atoms with Crippen LogP contribution in [0.2, 0.25) is 0 Å². The van der Waals surface area contributed by atoms with E-state index < -0.39 is 0 Å². The molecule has 0 aromatic heterocycles. The third-order valence-corrected chi connectivity index (χ3v) is 3.94. The fourth-order valence-electron chi connectivity index (χ4n) is 2.98. The van der Waals surface area contributed by atoms with Crippen LogP contribution < -0.4 is 5.32 Å². The van der Waals surface area contributed by atoms with Crippen molar-refractivity contribution in [1.29, 1.82) is 0 Å². The Bertz CT molecular complexity index is 358. The van der Waals surface area contributed by atoms with Gasteiger partial charge in [-0.25, -0.2) is 0 Å². The average molecular weight is 261 g/mol. The largest absolute Gasteiger partial charge is 0.314 e. The van der Waals surface area contributed by atoms with E-state index in [0.29, 0.717) is 6.04 Å². The fraction of sp³-hybridized carbons (Fsp3) is 0.667. The Morgan fingerprint density at radius 2 is 1.63 bits per heavy atom. The highest BCUT2D eigenvalue weighted by molar-refractivity contribution is 5.38. The number of hydrogen-bond donors (Lipinski definition) is 1. The number of unbranched alkanes of at least 4 members (excludes halogenated alkanes) is 2. The molecule has 0 amide bonds. The molecule has 1 heteroatoms. The number of likely N-dealkylation sites (N-methyl/N-ethyl adjacent to an activating group) is 1. The van der Waals surface area contributed by atoms with Gasteiger partial charge in [-0.1, -0.05) is 50.8 Å². The topological polar surface area (TPSA) is 12.0 Å². The van der Waals surface area contributed by atoms with Crippen molar-refractivity contribution in [2.45, 2.75) is 72.8 Å². The minimum absolute atomic E-state index is 0.636. The maximum atomic E-state index is 3.66.